The summed E-state index contributed by atoms with van der Waals surface area (Å²) in [6.45, 7) is 10.2. The summed E-state index contributed by atoms with van der Waals surface area (Å²) in [5.74, 6) is -1.12. The molecule has 0 atom stereocenters. The Morgan fingerprint density at radius 3 is 2.37 bits per heavy atom. The molecular formula is C13H22N2O3Si. The summed E-state index contributed by atoms with van der Waals surface area (Å²) in [5, 5.41) is 9.21. The zero-order chi connectivity index (χ0) is 14.8. The number of carboxylic acid groups (broad SMARTS) is 1. The van der Waals surface area contributed by atoms with Crippen LogP contribution in [0.5, 0.6) is 0 Å². The number of nitrogens with zero attached hydrogens (tertiary/aromatic N) is 1. The molecule has 106 valence electrons. The fraction of sp³-hybridized carbons (Fsp3) is 0.538. The molecule has 0 fully saturated rings. The molecule has 19 heavy (non-hydrogen) atoms. The Morgan fingerprint density at radius 1 is 1.32 bits per heavy atom. The lowest BCUT2D eigenvalue weighted by molar-refractivity contribution is 0.0688. The van der Waals surface area contributed by atoms with Gasteiger partial charge in [-0.1, -0.05) is 20.8 Å². The van der Waals surface area contributed by atoms with Crippen LogP contribution in [0.1, 0.15) is 50.8 Å². The van der Waals surface area contributed by atoms with E-state index < -0.39 is 21.3 Å². The van der Waals surface area contributed by atoms with Crippen molar-refractivity contribution in [3.63, 3.8) is 0 Å². The van der Waals surface area contributed by atoms with Crippen molar-refractivity contribution in [1.82, 2.24) is 4.98 Å². The van der Waals surface area contributed by atoms with Gasteiger partial charge in [-0.25, -0.2) is 9.78 Å². The summed E-state index contributed by atoms with van der Waals surface area (Å²) >= 11 is 0. The van der Waals surface area contributed by atoms with E-state index in [4.69, 9.17) is 15.3 Å². The maximum absolute atomic E-state index is 11.0. The second-order valence-electron chi connectivity index (χ2n) is 6.30. The highest BCUT2D eigenvalue weighted by Crippen LogP contribution is 2.29. The first-order chi connectivity index (χ1) is 8.53. The Morgan fingerprint density at radius 2 is 1.89 bits per heavy atom. The average molecular weight is 282 g/mol. The second-order valence-corrected chi connectivity index (χ2v) is 9.00. The lowest BCUT2D eigenvalue weighted by Crippen LogP contribution is -2.29. The summed E-state index contributed by atoms with van der Waals surface area (Å²) in [6.07, 6.45) is 0. The number of hydrogen-bond donors (Lipinski definition) is 2. The van der Waals surface area contributed by atoms with Gasteiger partial charge in [0.05, 0.1) is 17.0 Å². The highest BCUT2D eigenvalue weighted by atomic mass is 28.2. The predicted molar refractivity (Wildman–Crippen MR) is 78.0 cm³/mol. The van der Waals surface area contributed by atoms with Crippen molar-refractivity contribution < 1.29 is 14.3 Å². The monoisotopic (exact) mass is 282 g/mol. The molecule has 0 radical (unpaired) electrons. The smallest absolute Gasteiger partial charge is 0.356 e. The molecule has 3 N–H and O–H groups in total. The highest BCUT2D eigenvalue weighted by Gasteiger charge is 2.27. The van der Waals surface area contributed by atoms with Crippen LogP contribution in [0.15, 0.2) is 12.1 Å². The molecule has 1 heterocycles. The molecule has 0 saturated carbocycles. The fourth-order valence-electron chi connectivity index (χ4n) is 1.45. The number of nitrogens with two attached hydrogens (primary N) is 1. The topological polar surface area (TPSA) is 85.4 Å². The summed E-state index contributed by atoms with van der Waals surface area (Å²) in [6, 6.07) is 3.29. The van der Waals surface area contributed by atoms with Gasteiger partial charge in [0.25, 0.3) is 0 Å². The molecule has 6 heteroatoms. The van der Waals surface area contributed by atoms with Gasteiger partial charge in [0.1, 0.15) is 0 Å². The molecule has 0 unspecified atom stereocenters. The summed E-state index contributed by atoms with van der Waals surface area (Å²) in [5.41, 5.74) is 5.64. The molecular weight excluding hydrogens is 260 g/mol. The van der Waals surface area contributed by atoms with E-state index in [1.54, 1.807) is 12.1 Å². The third kappa shape index (κ3) is 4.32. The third-order valence-electron chi connectivity index (χ3n) is 2.61. The summed E-state index contributed by atoms with van der Waals surface area (Å²) < 4.78 is 6.00. The Kier molecular flexibility index (Phi) is 4.37. The number of rotatable bonds is 4. The highest BCUT2D eigenvalue weighted by molar-refractivity contribution is 6.31. The van der Waals surface area contributed by atoms with Crippen LogP contribution in [-0.2, 0) is 10.0 Å². The first kappa shape index (κ1) is 15.7. The van der Waals surface area contributed by atoms with E-state index >= 15 is 0 Å². The maximum atomic E-state index is 11.0. The van der Waals surface area contributed by atoms with Gasteiger partial charge in [0, 0.05) is 0 Å². The maximum Gasteiger partial charge on any atom is 0.356 e. The Hall–Kier alpha value is -1.40. The Bertz CT molecular complexity index is 481. The molecule has 5 nitrogen and oxygen atoms in total. The van der Waals surface area contributed by atoms with Crippen molar-refractivity contribution in [1.29, 1.82) is 0 Å². The molecule has 0 bridgehead atoms. The van der Waals surface area contributed by atoms with E-state index in [9.17, 15) is 4.79 Å². The van der Waals surface area contributed by atoms with Crippen LogP contribution in [0.4, 0.5) is 5.69 Å². The number of nitrogen functional groups attached to an aromatic ring is 1. The Labute approximate surface area is 116 Å². The van der Waals surface area contributed by atoms with Gasteiger partial charge in [-0.05, 0) is 31.0 Å². The molecule has 0 spiro atoms. The summed E-state index contributed by atoms with van der Waals surface area (Å²) in [4.78, 5) is 15.2. The van der Waals surface area contributed by atoms with E-state index in [-0.39, 0.29) is 16.4 Å². The van der Waals surface area contributed by atoms with Crippen LogP contribution >= 0.6 is 0 Å². The zero-order valence-corrected chi connectivity index (χ0v) is 13.6. The van der Waals surface area contributed by atoms with E-state index in [1.165, 1.54) is 0 Å². The van der Waals surface area contributed by atoms with E-state index in [0.717, 1.165) is 0 Å². The van der Waals surface area contributed by atoms with E-state index in [1.807, 2.05) is 13.8 Å². The van der Waals surface area contributed by atoms with Gasteiger partial charge in [0.15, 0.2) is 15.5 Å². The molecule has 0 aliphatic rings. The second kappa shape index (κ2) is 5.30. The van der Waals surface area contributed by atoms with Gasteiger partial charge in [0.2, 0.25) is 0 Å². The van der Waals surface area contributed by atoms with Crippen molar-refractivity contribution in [3.8, 4) is 0 Å². The largest absolute Gasteiger partial charge is 0.476 e. The number of hydrogen-bond acceptors (Lipinski definition) is 4. The first-order valence-corrected chi connectivity index (χ1v) is 7.46. The van der Waals surface area contributed by atoms with Gasteiger partial charge in [-0.2, -0.15) is 0 Å². The van der Waals surface area contributed by atoms with Crippen molar-refractivity contribution >= 4 is 21.4 Å². The van der Waals surface area contributed by atoms with Crippen LogP contribution in [0.25, 0.3) is 0 Å². The van der Waals surface area contributed by atoms with Crippen molar-refractivity contribution in [2.24, 2.45) is 0 Å². The van der Waals surface area contributed by atoms with Crippen LogP contribution in [0.3, 0.4) is 0 Å². The molecule has 0 amide bonds. The van der Waals surface area contributed by atoms with Crippen LogP contribution in [0, 0.1) is 0 Å². The molecule has 0 aromatic carbocycles. The van der Waals surface area contributed by atoms with Crippen molar-refractivity contribution in [2.75, 3.05) is 5.73 Å². The summed E-state index contributed by atoms with van der Waals surface area (Å²) in [7, 11) is -0.758. The van der Waals surface area contributed by atoms with Crippen molar-refractivity contribution in [2.45, 2.75) is 45.3 Å². The number of anilines is 1. The minimum absolute atomic E-state index is 0.119. The lowest BCUT2D eigenvalue weighted by Gasteiger charge is -2.29. The lowest BCUT2D eigenvalue weighted by atomic mass is 10.0. The normalized spacial score (nSPS) is 13.1. The van der Waals surface area contributed by atoms with Crippen LogP contribution in [-0.4, -0.2) is 25.8 Å². The SMILES string of the molecule is CC(C)(C)[SiH2]OC(C)(C)c1ccc(N)c(C(=O)O)n1. The van der Waals surface area contributed by atoms with E-state index in [0.29, 0.717) is 5.69 Å². The van der Waals surface area contributed by atoms with Crippen LogP contribution < -0.4 is 5.73 Å². The third-order valence-corrected chi connectivity index (χ3v) is 4.34. The predicted octanol–water partition coefficient (Wildman–Crippen LogP) is 1.92. The number of carbonyl (C=O) groups is 1. The molecule has 1 aromatic rings. The molecule has 0 aliphatic carbocycles. The number of pyridine rings is 1. The fourth-order valence-corrected chi connectivity index (χ4v) is 2.39. The minimum atomic E-state index is -1.12. The van der Waals surface area contributed by atoms with Gasteiger partial charge in [-0.3, -0.25) is 0 Å². The molecule has 0 saturated heterocycles. The standard InChI is InChI=1S/C13H22N2O3Si/c1-12(2,3)19-18-13(4,5)9-7-6-8(14)10(15-9)11(16)17/h6-7H,14,19H2,1-5H3,(H,16,17). The number of aromatic nitrogens is 1. The quantitative estimate of drug-likeness (QED) is 0.824. The van der Waals surface area contributed by atoms with Gasteiger partial charge < -0.3 is 15.3 Å². The number of carboxylic acids is 1. The van der Waals surface area contributed by atoms with Gasteiger partial charge in [-0.15, -0.1) is 0 Å². The molecule has 1 rings (SSSR count). The Balaban J connectivity index is 3.01. The first-order valence-electron chi connectivity index (χ1n) is 6.17. The van der Waals surface area contributed by atoms with Crippen molar-refractivity contribution in [3.05, 3.63) is 23.5 Å². The van der Waals surface area contributed by atoms with E-state index in [2.05, 4.69) is 25.8 Å². The van der Waals surface area contributed by atoms with Crippen LogP contribution in [0.2, 0.25) is 5.04 Å². The van der Waals surface area contributed by atoms with Gasteiger partial charge >= 0.3 is 5.97 Å². The zero-order valence-electron chi connectivity index (χ0n) is 12.2. The minimum Gasteiger partial charge on any atom is -0.476 e. The number of aromatic carboxylic acids is 1. The average Bonchev–Trinajstić information content (AvgIpc) is 2.25. The molecule has 0 aliphatic heterocycles. The molecule has 1 aromatic heterocycles.